The molecule has 0 unspecified atom stereocenters. The van der Waals surface area contributed by atoms with Gasteiger partial charge in [0, 0.05) is 16.9 Å². The van der Waals surface area contributed by atoms with E-state index < -0.39 is 10.0 Å². The fraction of sp³-hybridized carbons (Fsp3) is 0.455. The van der Waals surface area contributed by atoms with Gasteiger partial charge in [0.05, 0.1) is 4.90 Å². The van der Waals surface area contributed by atoms with Gasteiger partial charge in [0.15, 0.2) is 0 Å². The number of rotatable bonds is 5. The molecule has 0 fully saturated rings. The first-order chi connectivity index (χ1) is 7.77. The Morgan fingerprint density at radius 1 is 1.29 bits per heavy atom. The molecule has 3 nitrogen and oxygen atoms in total. The second-order valence-electron chi connectivity index (χ2n) is 4.58. The summed E-state index contributed by atoms with van der Waals surface area (Å²) in [5.74, 6) is 0. The molecule has 0 amide bonds. The lowest BCUT2D eigenvalue weighted by Crippen LogP contribution is -2.34. The van der Waals surface area contributed by atoms with Crippen LogP contribution in [-0.4, -0.2) is 20.3 Å². The normalized spacial score (nSPS) is 12.7. The van der Waals surface area contributed by atoms with Crippen molar-refractivity contribution in [2.45, 2.75) is 18.7 Å². The molecule has 0 aliphatic rings. The topological polar surface area (TPSA) is 46.2 Å². The lowest BCUT2D eigenvalue weighted by molar-refractivity contribution is 0.420. The van der Waals surface area contributed by atoms with Crippen LogP contribution < -0.4 is 4.72 Å². The zero-order valence-corrected chi connectivity index (χ0v) is 12.9. The van der Waals surface area contributed by atoms with E-state index in [0.29, 0.717) is 11.6 Å². The first kappa shape index (κ1) is 15.0. The zero-order chi connectivity index (χ0) is 13.1. The Bertz CT molecular complexity index is 471. The van der Waals surface area contributed by atoms with Crippen LogP contribution in [0.3, 0.4) is 0 Å². The van der Waals surface area contributed by atoms with E-state index in [-0.39, 0.29) is 10.3 Å². The number of hydrogen-bond donors (Lipinski definition) is 1. The average Bonchev–Trinajstić information content (AvgIpc) is 2.27. The van der Waals surface area contributed by atoms with Crippen molar-refractivity contribution in [3.63, 3.8) is 0 Å². The molecule has 0 atom stereocenters. The van der Waals surface area contributed by atoms with Crippen LogP contribution >= 0.6 is 27.5 Å². The summed E-state index contributed by atoms with van der Waals surface area (Å²) in [6.45, 7) is 4.33. The summed E-state index contributed by atoms with van der Waals surface area (Å²) in [5, 5.41) is 1.24. The van der Waals surface area contributed by atoms with Gasteiger partial charge in [0.25, 0.3) is 0 Å². The van der Waals surface area contributed by atoms with Crippen molar-refractivity contribution in [3.05, 3.63) is 29.3 Å². The molecular formula is C11H15BrClNO2S. The van der Waals surface area contributed by atoms with Gasteiger partial charge in [-0.1, -0.05) is 41.4 Å². The van der Waals surface area contributed by atoms with Crippen molar-refractivity contribution in [1.82, 2.24) is 4.72 Å². The predicted molar refractivity (Wildman–Crippen MR) is 74.2 cm³/mol. The number of halogens is 2. The zero-order valence-electron chi connectivity index (χ0n) is 9.70. The largest absolute Gasteiger partial charge is 0.240 e. The lowest BCUT2D eigenvalue weighted by Gasteiger charge is -2.21. The first-order valence-electron chi connectivity index (χ1n) is 5.08. The van der Waals surface area contributed by atoms with Crippen molar-refractivity contribution in [2.24, 2.45) is 5.41 Å². The summed E-state index contributed by atoms with van der Waals surface area (Å²) < 4.78 is 26.5. The third kappa shape index (κ3) is 4.58. The predicted octanol–water partition coefficient (Wildman–Crippen LogP) is 3.04. The van der Waals surface area contributed by atoms with E-state index in [1.165, 1.54) is 12.1 Å². The number of alkyl halides is 1. The minimum absolute atomic E-state index is 0.126. The smallest absolute Gasteiger partial charge is 0.211 e. The highest BCUT2D eigenvalue weighted by molar-refractivity contribution is 9.09. The van der Waals surface area contributed by atoms with E-state index in [1.807, 2.05) is 13.8 Å². The second-order valence-corrected chi connectivity index (χ2v) is 7.34. The van der Waals surface area contributed by atoms with Crippen molar-refractivity contribution in [1.29, 1.82) is 0 Å². The summed E-state index contributed by atoms with van der Waals surface area (Å²) >= 11 is 9.06. The van der Waals surface area contributed by atoms with Crippen LogP contribution in [0.2, 0.25) is 5.02 Å². The Labute approximate surface area is 116 Å². The Morgan fingerprint density at radius 2 is 1.82 bits per heavy atom. The lowest BCUT2D eigenvalue weighted by atomic mass is 9.98. The van der Waals surface area contributed by atoms with Crippen molar-refractivity contribution in [2.75, 3.05) is 11.9 Å². The summed E-state index contributed by atoms with van der Waals surface area (Å²) in [6.07, 6.45) is 0. The number of benzene rings is 1. The number of sulfonamides is 1. The highest BCUT2D eigenvalue weighted by Gasteiger charge is 2.21. The van der Waals surface area contributed by atoms with E-state index in [2.05, 4.69) is 20.7 Å². The molecule has 1 aromatic carbocycles. The maximum absolute atomic E-state index is 11.9. The maximum atomic E-state index is 11.9. The SMILES string of the molecule is CC(C)(CBr)CNS(=O)(=O)c1ccc(Cl)cc1. The maximum Gasteiger partial charge on any atom is 0.240 e. The Hall–Kier alpha value is -0.100. The molecule has 0 saturated carbocycles. The van der Waals surface area contributed by atoms with Gasteiger partial charge in [-0.25, -0.2) is 13.1 Å². The van der Waals surface area contributed by atoms with Crippen molar-refractivity contribution >= 4 is 37.6 Å². The molecule has 96 valence electrons. The van der Waals surface area contributed by atoms with E-state index in [1.54, 1.807) is 12.1 Å². The summed E-state index contributed by atoms with van der Waals surface area (Å²) in [5.41, 5.74) is -0.126. The molecule has 0 saturated heterocycles. The van der Waals surface area contributed by atoms with Gasteiger partial charge in [0.1, 0.15) is 0 Å². The number of nitrogens with one attached hydrogen (secondary N) is 1. The quantitative estimate of drug-likeness (QED) is 0.837. The Kier molecular flexibility index (Phi) is 5.01. The molecule has 6 heteroatoms. The fourth-order valence-corrected chi connectivity index (χ4v) is 2.60. The molecule has 1 N–H and O–H groups in total. The second kappa shape index (κ2) is 5.69. The molecule has 0 bridgehead atoms. The third-order valence-corrected chi connectivity index (χ3v) is 5.41. The van der Waals surface area contributed by atoms with Crippen LogP contribution in [0, 0.1) is 5.41 Å². The highest BCUT2D eigenvalue weighted by Crippen LogP contribution is 2.19. The minimum Gasteiger partial charge on any atom is -0.211 e. The third-order valence-electron chi connectivity index (χ3n) is 2.23. The van der Waals surface area contributed by atoms with Crippen LogP contribution in [0.15, 0.2) is 29.2 Å². The van der Waals surface area contributed by atoms with Gasteiger partial charge in [-0.2, -0.15) is 0 Å². The van der Waals surface area contributed by atoms with Gasteiger partial charge < -0.3 is 0 Å². The molecule has 0 heterocycles. The first-order valence-corrected chi connectivity index (χ1v) is 8.06. The number of hydrogen-bond acceptors (Lipinski definition) is 2. The van der Waals surface area contributed by atoms with E-state index in [9.17, 15) is 8.42 Å². The molecule has 1 rings (SSSR count). The highest BCUT2D eigenvalue weighted by atomic mass is 79.9. The molecule has 1 aromatic rings. The average molecular weight is 341 g/mol. The molecule has 0 spiro atoms. The van der Waals surface area contributed by atoms with Gasteiger partial charge in [-0.3, -0.25) is 0 Å². The van der Waals surface area contributed by atoms with Crippen LogP contribution in [-0.2, 0) is 10.0 Å². The molecule has 0 radical (unpaired) electrons. The van der Waals surface area contributed by atoms with Crippen LogP contribution in [0.25, 0.3) is 0 Å². The van der Waals surface area contributed by atoms with Crippen molar-refractivity contribution in [3.8, 4) is 0 Å². The summed E-state index contributed by atoms with van der Waals surface area (Å²) in [7, 11) is -3.45. The van der Waals surface area contributed by atoms with Crippen LogP contribution in [0.5, 0.6) is 0 Å². The molecule has 0 aromatic heterocycles. The van der Waals surface area contributed by atoms with Gasteiger partial charge in [-0.05, 0) is 29.7 Å². The monoisotopic (exact) mass is 339 g/mol. The fourth-order valence-electron chi connectivity index (χ4n) is 1.03. The molecule has 0 aliphatic carbocycles. The molecular weight excluding hydrogens is 326 g/mol. The van der Waals surface area contributed by atoms with E-state index >= 15 is 0 Å². The Balaban J connectivity index is 2.79. The summed E-state index contributed by atoms with van der Waals surface area (Å²) in [6, 6.07) is 6.11. The molecule has 0 aliphatic heterocycles. The standard InChI is InChI=1S/C11H15BrClNO2S/c1-11(2,7-12)8-14-17(15,16)10-5-3-9(13)4-6-10/h3-6,14H,7-8H2,1-2H3. The van der Waals surface area contributed by atoms with E-state index in [4.69, 9.17) is 11.6 Å². The van der Waals surface area contributed by atoms with Crippen LogP contribution in [0.4, 0.5) is 0 Å². The van der Waals surface area contributed by atoms with Crippen LogP contribution in [0.1, 0.15) is 13.8 Å². The van der Waals surface area contributed by atoms with E-state index in [0.717, 1.165) is 5.33 Å². The van der Waals surface area contributed by atoms with Gasteiger partial charge in [0.2, 0.25) is 10.0 Å². The summed E-state index contributed by atoms with van der Waals surface area (Å²) in [4.78, 5) is 0.229. The molecule has 17 heavy (non-hydrogen) atoms. The minimum atomic E-state index is -3.45. The van der Waals surface area contributed by atoms with Gasteiger partial charge >= 0.3 is 0 Å². The Morgan fingerprint density at radius 3 is 2.29 bits per heavy atom. The van der Waals surface area contributed by atoms with Gasteiger partial charge in [-0.15, -0.1) is 0 Å². The van der Waals surface area contributed by atoms with Crippen molar-refractivity contribution < 1.29 is 8.42 Å².